The van der Waals surface area contributed by atoms with Gasteiger partial charge in [0.2, 0.25) is 0 Å². The van der Waals surface area contributed by atoms with Crippen molar-refractivity contribution in [2.24, 2.45) is 0 Å². The van der Waals surface area contributed by atoms with Gasteiger partial charge in [0.05, 0.1) is 0 Å². The Kier molecular flexibility index (Phi) is 7.60. The molecule has 158 valence electrons. The molecule has 1 atom stereocenters. The van der Waals surface area contributed by atoms with E-state index in [1.807, 2.05) is 60.7 Å². The molecule has 0 bridgehead atoms. The number of carboxylic acids is 1. The number of benzene rings is 3. The first kappa shape index (κ1) is 21.8. The van der Waals surface area contributed by atoms with Gasteiger partial charge in [0.15, 0.2) is 5.78 Å². The van der Waals surface area contributed by atoms with Gasteiger partial charge in [-0.15, -0.1) is 0 Å². The van der Waals surface area contributed by atoms with E-state index in [1.54, 1.807) is 31.2 Å². The fourth-order valence-electron chi connectivity index (χ4n) is 3.10. The number of ketones is 1. The minimum atomic E-state index is -0.982. The summed E-state index contributed by atoms with van der Waals surface area (Å²) in [6.07, 6.45) is 1.70. The van der Waals surface area contributed by atoms with E-state index in [0.717, 1.165) is 16.9 Å². The summed E-state index contributed by atoms with van der Waals surface area (Å²) in [7, 11) is 0. The average molecular weight is 415 g/mol. The molecule has 0 aliphatic carbocycles. The highest BCUT2D eigenvalue weighted by atomic mass is 16.5. The van der Waals surface area contributed by atoms with Crippen LogP contribution in [0.5, 0.6) is 5.75 Å². The number of hydrogen-bond donors (Lipinski definition) is 2. The number of aliphatic carboxylic acids is 1. The van der Waals surface area contributed by atoms with Crippen LogP contribution in [0, 0.1) is 0 Å². The number of allylic oxidation sites excluding steroid dienone is 2. The molecule has 3 aromatic rings. The Morgan fingerprint density at radius 2 is 1.52 bits per heavy atom. The van der Waals surface area contributed by atoms with E-state index in [9.17, 15) is 14.7 Å². The molecule has 0 aliphatic rings. The second kappa shape index (κ2) is 10.8. The van der Waals surface area contributed by atoms with Crippen molar-refractivity contribution in [3.63, 3.8) is 0 Å². The lowest BCUT2D eigenvalue weighted by atomic mass is 10.0. The normalized spacial score (nSPS) is 12.1. The number of nitrogens with one attached hydrogen (secondary N) is 1. The maximum Gasteiger partial charge on any atom is 0.326 e. The molecule has 5 heteroatoms. The number of carbonyl (C=O) groups is 2. The van der Waals surface area contributed by atoms with Crippen molar-refractivity contribution in [2.45, 2.75) is 26.0 Å². The molecule has 0 aromatic heterocycles. The largest absolute Gasteiger partial charge is 0.489 e. The Balaban J connectivity index is 1.58. The van der Waals surface area contributed by atoms with Gasteiger partial charge in [-0.3, -0.25) is 4.79 Å². The number of carboxylic acid groups (broad SMARTS) is 1. The van der Waals surface area contributed by atoms with E-state index in [-0.39, 0.29) is 12.2 Å². The van der Waals surface area contributed by atoms with Gasteiger partial charge in [-0.2, -0.15) is 0 Å². The van der Waals surface area contributed by atoms with E-state index in [4.69, 9.17) is 4.74 Å². The lowest BCUT2D eigenvalue weighted by molar-refractivity contribution is -0.139. The van der Waals surface area contributed by atoms with Gasteiger partial charge in [0.1, 0.15) is 18.4 Å². The van der Waals surface area contributed by atoms with Gasteiger partial charge >= 0.3 is 5.97 Å². The average Bonchev–Trinajstić information content (AvgIpc) is 2.79. The monoisotopic (exact) mass is 415 g/mol. The molecule has 0 radical (unpaired) electrons. The Bertz CT molecular complexity index is 1030. The van der Waals surface area contributed by atoms with E-state index < -0.39 is 12.0 Å². The third-order valence-corrected chi connectivity index (χ3v) is 4.72. The van der Waals surface area contributed by atoms with Crippen LogP contribution in [-0.4, -0.2) is 22.9 Å². The minimum absolute atomic E-state index is 0.172. The second-order valence-electron chi connectivity index (χ2n) is 7.22. The Morgan fingerprint density at radius 3 is 2.13 bits per heavy atom. The Labute approximate surface area is 182 Å². The first-order valence-electron chi connectivity index (χ1n) is 10.0. The summed E-state index contributed by atoms with van der Waals surface area (Å²) in [5.41, 5.74) is 2.99. The van der Waals surface area contributed by atoms with Crippen LogP contribution in [0.2, 0.25) is 0 Å². The lowest BCUT2D eigenvalue weighted by Gasteiger charge is -2.16. The summed E-state index contributed by atoms with van der Waals surface area (Å²) < 4.78 is 5.77. The van der Waals surface area contributed by atoms with E-state index in [2.05, 4.69) is 5.32 Å². The van der Waals surface area contributed by atoms with Gasteiger partial charge < -0.3 is 15.2 Å². The third-order valence-electron chi connectivity index (χ3n) is 4.72. The van der Waals surface area contributed by atoms with Crippen LogP contribution < -0.4 is 10.1 Å². The fraction of sp³-hybridized carbons (Fsp3) is 0.154. The van der Waals surface area contributed by atoms with Crippen LogP contribution in [0.15, 0.2) is 96.7 Å². The van der Waals surface area contributed by atoms with Crippen molar-refractivity contribution >= 4 is 11.8 Å². The highest BCUT2D eigenvalue weighted by Gasteiger charge is 2.18. The summed E-state index contributed by atoms with van der Waals surface area (Å²) in [6, 6.07) is 25.3. The van der Waals surface area contributed by atoms with Crippen molar-refractivity contribution in [3.8, 4) is 5.75 Å². The second-order valence-corrected chi connectivity index (χ2v) is 7.22. The van der Waals surface area contributed by atoms with E-state index in [1.165, 1.54) is 6.08 Å². The van der Waals surface area contributed by atoms with Crippen LogP contribution in [0.3, 0.4) is 0 Å². The molecule has 0 heterocycles. The van der Waals surface area contributed by atoms with E-state index >= 15 is 0 Å². The van der Waals surface area contributed by atoms with E-state index in [0.29, 0.717) is 17.9 Å². The first-order valence-corrected chi connectivity index (χ1v) is 10.0. The fourth-order valence-corrected chi connectivity index (χ4v) is 3.10. The topological polar surface area (TPSA) is 75.6 Å². The summed E-state index contributed by atoms with van der Waals surface area (Å²) in [6.45, 7) is 2.16. The SMILES string of the molecule is C/C(=C/C(=O)c1ccccc1)N[C@@H](Cc1ccc(OCc2ccccc2)cc1)C(=O)O. The molecule has 0 unspecified atom stereocenters. The molecular weight excluding hydrogens is 390 g/mol. The van der Waals surface area contributed by atoms with Crippen molar-refractivity contribution in [2.75, 3.05) is 0 Å². The molecular formula is C26H25NO4. The molecule has 0 amide bonds. The zero-order chi connectivity index (χ0) is 22.1. The zero-order valence-corrected chi connectivity index (χ0v) is 17.3. The van der Waals surface area contributed by atoms with Crippen molar-refractivity contribution in [1.82, 2.24) is 5.32 Å². The molecule has 3 rings (SSSR count). The van der Waals surface area contributed by atoms with Crippen LogP contribution in [-0.2, 0) is 17.8 Å². The summed E-state index contributed by atoms with van der Waals surface area (Å²) in [5, 5.41) is 12.5. The predicted octanol–water partition coefficient (Wildman–Crippen LogP) is 4.64. The standard InChI is InChI=1S/C26H25NO4/c1-19(16-25(28)22-10-6-3-7-11-22)27-24(26(29)30)17-20-12-14-23(15-13-20)31-18-21-8-4-2-5-9-21/h2-16,24,27H,17-18H2,1H3,(H,29,30)/b19-16-/t24-/m0/s1. The summed E-state index contributed by atoms with van der Waals surface area (Å²) >= 11 is 0. The van der Waals surface area contributed by atoms with Crippen molar-refractivity contribution < 1.29 is 19.4 Å². The maximum atomic E-state index is 12.3. The van der Waals surface area contributed by atoms with Gasteiger partial charge in [0.25, 0.3) is 0 Å². The van der Waals surface area contributed by atoms with Crippen LogP contribution in [0.1, 0.15) is 28.4 Å². The molecule has 0 saturated heterocycles. The third kappa shape index (κ3) is 6.85. The van der Waals surface area contributed by atoms with Gasteiger partial charge in [-0.25, -0.2) is 4.79 Å². The Hall–Kier alpha value is -3.86. The van der Waals surface area contributed by atoms with Gasteiger partial charge in [-0.1, -0.05) is 72.8 Å². The molecule has 3 aromatic carbocycles. The number of rotatable bonds is 10. The zero-order valence-electron chi connectivity index (χ0n) is 17.3. The molecule has 31 heavy (non-hydrogen) atoms. The molecule has 0 fully saturated rings. The lowest BCUT2D eigenvalue weighted by Crippen LogP contribution is -2.37. The maximum absolute atomic E-state index is 12.3. The highest BCUT2D eigenvalue weighted by molar-refractivity contribution is 6.04. The molecule has 0 saturated carbocycles. The molecule has 5 nitrogen and oxygen atoms in total. The van der Waals surface area contributed by atoms with Crippen molar-refractivity contribution in [3.05, 3.63) is 113 Å². The smallest absolute Gasteiger partial charge is 0.326 e. The summed E-state index contributed by atoms with van der Waals surface area (Å²) in [4.78, 5) is 24.0. The predicted molar refractivity (Wildman–Crippen MR) is 120 cm³/mol. The van der Waals surface area contributed by atoms with Gasteiger partial charge in [0, 0.05) is 23.8 Å². The molecule has 0 aliphatic heterocycles. The minimum Gasteiger partial charge on any atom is -0.489 e. The van der Waals surface area contributed by atoms with Crippen molar-refractivity contribution in [1.29, 1.82) is 0 Å². The van der Waals surface area contributed by atoms with Gasteiger partial charge in [-0.05, 0) is 30.2 Å². The summed E-state index contributed by atoms with van der Waals surface area (Å²) in [5.74, 6) is -0.434. The highest BCUT2D eigenvalue weighted by Crippen LogP contribution is 2.16. The molecule has 2 N–H and O–H groups in total. The number of hydrogen-bond acceptors (Lipinski definition) is 4. The number of ether oxygens (including phenoxy) is 1. The van der Waals surface area contributed by atoms with Crippen LogP contribution >= 0.6 is 0 Å². The quantitative estimate of drug-likeness (QED) is 0.373. The molecule has 0 spiro atoms. The van der Waals surface area contributed by atoms with Crippen LogP contribution in [0.25, 0.3) is 0 Å². The first-order chi connectivity index (χ1) is 15.0. The number of carbonyl (C=O) groups excluding carboxylic acids is 1. The Morgan fingerprint density at radius 1 is 0.903 bits per heavy atom. The van der Waals surface area contributed by atoms with Crippen LogP contribution in [0.4, 0.5) is 0 Å².